The number of carboxylic acid groups (broad SMARTS) is 1. The molecule has 0 atom stereocenters. The average Bonchev–Trinajstić information content (AvgIpc) is 3.36. The Morgan fingerprint density at radius 1 is 1.11 bits per heavy atom. The molecule has 3 aromatic carbocycles. The van der Waals surface area contributed by atoms with E-state index in [1.807, 2.05) is 13.0 Å². The van der Waals surface area contributed by atoms with E-state index in [1.54, 1.807) is 45.9 Å². The van der Waals surface area contributed by atoms with Gasteiger partial charge in [0.2, 0.25) is 5.91 Å². The van der Waals surface area contributed by atoms with Gasteiger partial charge in [-0.15, -0.1) is 0 Å². The number of halogens is 3. The minimum atomic E-state index is -1.03. The van der Waals surface area contributed by atoms with Crippen LogP contribution >= 0.6 is 35.0 Å². The first-order chi connectivity index (χ1) is 16.7. The zero-order chi connectivity index (χ0) is 24.9. The summed E-state index contributed by atoms with van der Waals surface area (Å²) in [5.74, 6) is -1.81. The van der Waals surface area contributed by atoms with E-state index in [0.29, 0.717) is 27.5 Å². The van der Waals surface area contributed by atoms with Crippen LogP contribution in [0.1, 0.15) is 21.6 Å². The third kappa shape index (κ3) is 4.29. The second-order valence-electron chi connectivity index (χ2n) is 8.26. The van der Waals surface area contributed by atoms with E-state index in [1.165, 1.54) is 23.9 Å². The highest BCUT2D eigenvalue weighted by Crippen LogP contribution is 2.41. The zero-order valence-corrected chi connectivity index (χ0v) is 20.8. The molecule has 0 fully saturated rings. The molecule has 0 aliphatic carbocycles. The number of fused-ring (bicyclic) bond motifs is 2. The van der Waals surface area contributed by atoms with Gasteiger partial charge >= 0.3 is 5.97 Å². The number of aromatic carboxylic acids is 1. The lowest BCUT2D eigenvalue weighted by molar-refractivity contribution is -0.119. The van der Waals surface area contributed by atoms with Gasteiger partial charge in [-0.3, -0.25) is 4.79 Å². The lowest BCUT2D eigenvalue weighted by atomic mass is 10.2. The first-order valence-corrected chi connectivity index (χ1v) is 12.4. The molecular weight excluding hydrogens is 510 g/mol. The number of hydrogen-bond acceptors (Lipinski definition) is 3. The van der Waals surface area contributed by atoms with Crippen molar-refractivity contribution >= 4 is 63.4 Å². The molecule has 1 N–H and O–H groups in total. The lowest BCUT2D eigenvalue weighted by Crippen LogP contribution is -2.32. The van der Waals surface area contributed by atoms with Gasteiger partial charge in [0, 0.05) is 38.1 Å². The van der Waals surface area contributed by atoms with Crippen LogP contribution in [0, 0.1) is 12.7 Å². The standard InChI is InChI=1S/C26H19Cl2FN2O3S/c1-14-25(35-18-4-2-3-16(11-18)26(33)34)19-7-8-20(28)23(29)24(19)31(14)13-22(32)30-10-9-15-5-6-17(27)12-21(15)30/h2-8,11-12H,9-10,13H2,1H3,(H,33,34). The summed E-state index contributed by atoms with van der Waals surface area (Å²) in [5.41, 5.74) is 2.90. The molecule has 1 amide bonds. The highest BCUT2D eigenvalue weighted by atomic mass is 35.5. The van der Waals surface area contributed by atoms with Crippen LogP contribution in [0.15, 0.2) is 64.4 Å². The number of hydrogen-bond donors (Lipinski definition) is 1. The Kier molecular flexibility index (Phi) is 6.25. The summed E-state index contributed by atoms with van der Waals surface area (Å²) < 4.78 is 16.9. The van der Waals surface area contributed by atoms with E-state index in [2.05, 4.69) is 0 Å². The fourth-order valence-corrected chi connectivity index (χ4v) is 5.86. The molecule has 0 radical (unpaired) electrons. The fraction of sp³-hybridized carbons (Fsp3) is 0.154. The Bertz CT molecular complexity index is 1520. The topological polar surface area (TPSA) is 62.5 Å². The quantitative estimate of drug-likeness (QED) is 0.308. The van der Waals surface area contributed by atoms with Crippen molar-refractivity contribution in [3.63, 3.8) is 0 Å². The molecule has 5 nitrogen and oxygen atoms in total. The molecule has 4 aromatic rings. The second kappa shape index (κ2) is 9.22. The predicted molar refractivity (Wildman–Crippen MR) is 137 cm³/mol. The Morgan fingerprint density at radius 3 is 2.69 bits per heavy atom. The Labute approximate surface area is 215 Å². The molecule has 35 heavy (non-hydrogen) atoms. The van der Waals surface area contributed by atoms with Crippen LogP contribution in [0.25, 0.3) is 10.9 Å². The number of amides is 1. The van der Waals surface area contributed by atoms with E-state index < -0.39 is 11.8 Å². The first kappa shape index (κ1) is 23.7. The van der Waals surface area contributed by atoms with E-state index >= 15 is 4.39 Å². The minimum absolute atomic E-state index is 0.0357. The molecular formula is C26H19Cl2FN2O3S. The SMILES string of the molecule is Cc1c(Sc2cccc(C(=O)O)c2)c2ccc(Cl)c(F)c2n1CC(=O)N1CCc2ccc(Cl)cc21. The van der Waals surface area contributed by atoms with Crippen LogP contribution in [-0.2, 0) is 17.8 Å². The number of rotatable bonds is 5. The van der Waals surface area contributed by atoms with Gasteiger partial charge < -0.3 is 14.6 Å². The van der Waals surface area contributed by atoms with Crippen LogP contribution in [0.5, 0.6) is 0 Å². The molecule has 1 aromatic heterocycles. The molecule has 5 rings (SSSR count). The smallest absolute Gasteiger partial charge is 0.335 e. The second-order valence-corrected chi connectivity index (χ2v) is 10.2. The van der Waals surface area contributed by atoms with Crippen LogP contribution in [0.4, 0.5) is 10.1 Å². The van der Waals surface area contributed by atoms with Crippen LogP contribution in [0.3, 0.4) is 0 Å². The van der Waals surface area contributed by atoms with Crippen molar-refractivity contribution in [2.24, 2.45) is 0 Å². The number of carbonyl (C=O) groups excluding carboxylic acids is 1. The molecule has 0 saturated carbocycles. The largest absolute Gasteiger partial charge is 0.478 e. The van der Waals surface area contributed by atoms with Crippen molar-refractivity contribution in [2.45, 2.75) is 29.7 Å². The summed E-state index contributed by atoms with van der Waals surface area (Å²) in [4.78, 5) is 27.9. The summed E-state index contributed by atoms with van der Waals surface area (Å²) in [6.07, 6.45) is 0.727. The number of carbonyl (C=O) groups is 2. The summed E-state index contributed by atoms with van der Waals surface area (Å²) in [6.45, 7) is 2.26. The van der Waals surface area contributed by atoms with Crippen LogP contribution < -0.4 is 4.90 Å². The van der Waals surface area contributed by atoms with Crippen molar-refractivity contribution in [2.75, 3.05) is 11.4 Å². The number of anilines is 1. The van der Waals surface area contributed by atoms with E-state index in [9.17, 15) is 14.7 Å². The fourth-order valence-electron chi connectivity index (χ4n) is 4.44. The third-order valence-electron chi connectivity index (χ3n) is 6.16. The summed E-state index contributed by atoms with van der Waals surface area (Å²) in [7, 11) is 0. The molecule has 9 heteroatoms. The number of nitrogens with zero attached hydrogens (tertiary/aromatic N) is 2. The average molecular weight is 529 g/mol. The van der Waals surface area contributed by atoms with Crippen molar-refractivity contribution in [1.29, 1.82) is 0 Å². The van der Waals surface area contributed by atoms with E-state index in [0.717, 1.165) is 22.6 Å². The highest BCUT2D eigenvalue weighted by Gasteiger charge is 2.27. The maximum atomic E-state index is 15.3. The van der Waals surface area contributed by atoms with Gasteiger partial charge in [0.05, 0.1) is 16.1 Å². The maximum Gasteiger partial charge on any atom is 0.335 e. The first-order valence-electron chi connectivity index (χ1n) is 10.8. The van der Waals surface area contributed by atoms with Crippen molar-refractivity contribution in [3.05, 3.63) is 87.3 Å². The molecule has 0 bridgehead atoms. The third-order valence-corrected chi connectivity index (χ3v) is 7.89. The van der Waals surface area contributed by atoms with Crippen molar-refractivity contribution in [3.8, 4) is 0 Å². The molecule has 0 unspecified atom stereocenters. The summed E-state index contributed by atoms with van der Waals surface area (Å²) >= 11 is 13.6. The lowest BCUT2D eigenvalue weighted by Gasteiger charge is -2.19. The molecule has 1 aliphatic rings. The molecule has 178 valence electrons. The number of carboxylic acids is 1. The zero-order valence-electron chi connectivity index (χ0n) is 18.5. The van der Waals surface area contributed by atoms with Gasteiger partial charge in [-0.2, -0.15) is 0 Å². The van der Waals surface area contributed by atoms with Gasteiger partial charge in [-0.25, -0.2) is 9.18 Å². The van der Waals surface area contributed by atoms with E-state index in [-0.39, 0.29) is 28.6 Å². The molecule has 2 heterocycles. The van der Waals surface area contributed by atoms with Gasteiger partial charge in [0.15, 0.2) is 5.82 Å². The normalized spacial score (nSPS) is 12.9. The summed E-state index contributed by atoms with van der Waals surface area (Å²) in [5, 5.41) is 10.5. The van der Waals surface area contributed by atoms with Gasteiger partial charge in [-0.05, 0) is 61.4 Å². The van der Waals surface area contributed by atoms with Gasteiger partial charge in [0.1, 0.15) is 6.54 Å². The van der Waals surface area contributed by atoms with Crippen molar-refractivity contribution in [1.82, 2.24) is 4.57 Å². The predicted octanol–water partition coefficient (Wildman–Crippen LogP) is 6.83. The Hall–Kier alpha value is -3.00. The summed E-state index contributed by atoms with van der Waals surface area (Å²) in [6, 6.07) is 15.2. The molecule has 0 spiro atoms. The number of benzene rings is 3. The Balaban J connectivity index is 1.56. The Morgan fingerprint density at radius 2 is 1.91 bits per heavy atom. The number of aromatic nitrogens is 1. The van der Waals surface area contributed by atoms with E-state index in [4.69, 9.17) is 23.2 Å². The monoisotopic (exact) mass is 528 g/mol. The minimum Gasteiger partial charge on any atom is -0.478 e. The molecule has 1 aliphatic heterocycles. The molecule has 0 saturated heterocycles. The van der Waals surface area contributed by atoms with Gasteiger partial charge in [-0.1, -0.05) is 47.1 Å². The van der Waals surface area contributed by atoms with Crippen molar-refractivity contribution < 1.29 is 19.1 Å². The maximum absolute atomic E-state index is 15.3. The highest BCUT2D eigenvalue weighted by molar-refractivity contribution is 7.99. The van der Waals surface area contributed by atoms with Gasteiger partial charge in [0.25, 0.3) is 0 Å². The van der Waals surface area contributed by atoms with Crippen LogP contribution in [0.2, 0.25) is 10.0 Å². The van der Waals surface area contributed by atoms with Crippen LogP contribution in [-0.4, -0.2) is 28.1 Å².